The number of pyridine rings is 1. The smallest absolute Gasteiger partial charge is 0.292 e. The Morgan fingerprint density at radius 2 is 1.65 bits per heavy atom. The normalized spacial score (nSPS) is 15.9. The van der Waals surface area contributed by atoms with E-state index in [1.807, 2.05) is 0 Å². The molecule has 0 saturated carbocycles. The molecule has 0 amide bonds. The lowest BCUT2D eigenvalue weighted by Gasteiger charge is -2.51. The van der Waals surface area contributed by atoms with Gasteiger partial charge in [-0.05, 0) is 30.4 Å². The van der Waals surface area contributed by atoms with Crippen LogP contribution in [0.15, 0.2) is 54.7 Å². The molecule has 3 nitrogen and oxygen atoms in total. The quantitative estimate of drug-likeness (QED) is 0.653. The second kappa shape index (κ2) is 6.71. The summed E-state index contributed by atoms with van der Waals surface area (Å²) in [5.41, 5.74) is 1.17. The third-order valence-electron chi connectivity index (χ3n) is 4.88. The molecule has 0 atom stereocenters. The number of fused-ring (bicyclic) bond motifs is 1. The summed E-state index contributed by atoms with van der Waals surface area (Å²) < 4.78 is 2.43. The van der Waals surface area contributed by atoms with Crippen LogP contribution in [0.2, 0.25) is 12.6 Å². The number of nitrogens with zero attached hydrogens (tertiary/aromatic N) is 2. The lowest BCUT2D eigenvalue weighted by molar-refractivity contribution is -0.534. The van der Waals surface area contributed by atoms with Crippen LogP contribution in [0.25, 0.3) is 0 Å². The van der Waals surface area contributed by atoms with Crippen molar-refractivity contribution in [1.29, 1.82) is 0 Å². The number of hydrogen-bond acceptors (Lipinski definition) is 1. The van der Waals surface area contributed by atoms with Crippen LogP contribution in [0.1, 0.15) is 26.7 Å². The van der Waals surface area contributed by atoms with Gasteiger partial charge in [-0.1, -0.05) is 51.0 Å². The summed E-state index contributed by atoms with van der Waals surface area (Å²) in [6.45, 7) is 4.52. The van der Waals surface area contributed by atoms with Gasteiger partial charge >= 0.3 is 0 Å². The second-order valence-corrected chi connectivity index (χ2v) is 6.73. The van der Waals surface area contributed by atoms with Gasteiger partial charge < -0.3 is 9.29 Å². The van der Waals surface area contributed by atoms with Crippen molar-refractivity contribution in [2.45, 2.75) is 39.3 Å². The highest BCUT2D eigenvalue weighted by molar-refractivity contribution is 7.81. The third kappa shape index (κ3) is 2.74. The fourth-order valence-electron chi connectivity index (χ4n) is 4.08. The highest BCUT2D eigenvalue weighted by Gasteiger charge is 2.44. The predicted octanol–water partition coefficient (Wildman–Crippen LogP) is 4.30. The first-order valence-electron chi connectivity index (χ1n) is 8.58. The average molecular weight is 325 g/mol. The Morgan fingerprint density at radius 3 is 2.30 bits per heavy atom. The second-order valence-electron chi connectivity index (χ2n) is 6.34. The molecule has 1 aliphatic rings. The summed E-state index contributed by atoms with van der Waals surface area (Å²) in [7, 11) is 0. The molecule has 1 aliphatic heterocycles. The lowest BCUT2D eigenvalue weighted by atomic mass is 9.38. The largest absolute Gasteiger partial charge is 0.434 e. The number of rotatable bonds is 5. The molecular formula is C18H24BN3S. The number of nitrogens with one attached hydrogen (secondary N) is 1. The van der Waals surface area contributed by atoms with Crippen LogP contribution in [-0.4, -0.2) is 11.5 Å². The number of benzene rings is 1. The number of aromatic nitrogens is 1. The minimum absolute atomic E-state index is 0.810. The highest BCUT2D eigenvalue weighted by Crippen LogP contribution is 2.31. The molecule has 0 fully saturated rings. The van der Waals surface area contributed by atoms with Crippen molar-refractivity contribution >= 4 is 35.3 Å². The molecule has 120 valence electrons. The van der Waals surface area contributed by atoms with Crippen molar-refractivity contribution in [2.24, 2.45) is 0 Å². The third-order valence-corrected chi connectivity index (χ3v) is 5.18. The van der Waals surface area contributed by atoms with Gasteiger partial charge in [0, 0.05) is 18.0 Å². The van der Waals surface area contributed by atoms with Gasteiger partial charge in [-0.3, -0.25) is 0 Å². The Bertz CT molecular complexity index is 684. The first-order valence-corrected chi connectivity index (χ1v) is 8.99. The van der Waals surface area contributed by atoms with Crippen LogP contribution in [0.5, 0.6) is 0 Å². The van der Waals surface area contributed by atoms with Gasteiger partial charge in [-0.15, -0.1) is 12.6 Å². The molecule has 0 radical (unpaired) electrons. The first kappa shape index (κ1) is 16.0. The zero-order chi connectivity index (χ0) is 16.3. The molecule has 2 heterocycles. The van der Waals surface area contributed by atoms with E-state index in [1.54, 1.807) is 0 Å². The van der Waals surface area contributed by atoms with Crippen molar-refractivity contribution in [3.05, 3.63) is 54.7 Å². The molecule has 0 unspecified atom stereocenters. The van der Waals surface area contributed by atoms with E-state index in [9.17, 15) is 0 Å². The number of thiocarbonyl (C=S) groups is 1. The lowest BCUT2D eigenvalue weighted by Crippen LogP contribution is -2.79. The van der Waals surface area contributed by atoms with Crippen LogP contribution in [0, 0.1) is 0 Å². The zero-order valence-electron chi connectivity index (χ0n) is 13.9. The van der Waals surface area contributed by atoms with E-state index in [0.717, 1.165) is 36.4 Å². The predicted molar refractivity (Wildman–Crippen MR) is 103 cm³/mol. The summed E-state index contributed by atoms with van der Waals surface area (Å²) in [5, 5.41) is 4.23. The van der Waals surface area contributed by atoms with Crippen molar-refractivity contribution < 1.29 is 4.48 Å². The molecule has 0 bridgehead atoms. The molecular weight excluding hydrogens is 301 g/mol. The molecule has 5 heteroatoms. The van der Waals surface area contributed by atoms with Crippen LogP contribution >= 0.6 is 12.2 Å². The number of hydrogen-bond donors (Lipinski definition) is 1. The Balaban J connectivity index is 2.22. The summed E-state index contributed by atoms with van der Waals surface area (Å²) in [4.78, 5) is 2.37. The summed E-state index contributed by atoms with van der Waals surface area (Å²) >= 11 is 5.78. The van der Waals surface area contributed by atoms with E-state index in [0.29, 0.717) is 0 Å². The van der Waals surface area contributed by atoms with Crippen molar-refractivity contribution in [3.63, 3.8) is 0 Å². The van der Waals surface area contributed by atoms with E-state index < -0.39 is 6.42 Å². The standard InChI is InChI=1S/C18H24BN3S/c1-3-13-19(14-4-2)21-15-9-8-12-17(21)20-18(23)22(19)16-10-6-5-7-11-16/h5-12,15H,3-4,13-14H2,1-2H3,(H,20,23). The zero-order valence-corrected chi connectivity index (χ0v) is 14.7. The van der Waals surface area contributed by atoms with Crippen molar-refractivity contribution in [1.82, 2.24) is 0 Å². The van der Waals surface area contributed by atoms with E-state index in [-0.39, 0.29) is 0 Å². The molecule has 0 aliphatic carbocycles. The Kier molecular flexibility index (Phi) is 4.67. The minimum Gasteiger partial charge on any atom is -0.434 e. The van der Waals surface area contributed by atoms with Gasteiger partial charge in [0.2, 0.25) is 10.9 Å². The van der Waals surface area contributed by atoms with Gasteiger partial charge in [0.05, 0.1) is 0 Å². The highest BCUT2D eigenvalue weighted by atomic mass is 32.1. The maximum absolute atomic E-state index is 5.78. The summed E-state index contributed by atoms with van der Waals surface area (Å²) in [6, 6.07) is 16.8. The van der Waals surface area contributed by atoms with Gasteiger partial charge in [-0.25, -0.2) is 5.32 Å². The van der Waals surface area contributed by atoms with Gasteiger partial charge in [0.15, 0.2) is 0 Å². The molecule has 1 N–H and O–H groups in total. The van der Waals surface area contributed by atoms with Crippen LogP contribution in [0.3, 0.4) is 0 Å². The summed E-state index contributed by atoms with van der Waals surface area (Å²) in [5.74, 6) is 1.10. The molecule has 1 aromatic carbocycles. The fourth-order valence-corrected chi connectivity index (χ4v) is 4.49. The molecule has 23 heavy (non-hydrogen) atoms. The van der Waals surface area contributed by atoms with E-state index >= 15 is 0 Å². The maximum Gasteiger partial charge on any atom is 0.292 e. The van der Waals surface area contributed by atoms with Crippen molar-refractivity contribution in [2.75, 3.05) is 10.1 Å². The molecule has 1 aromatic heterocycles. The van der Waals surface area contributed by atoms with Crippen LogP contribution < -0.4 is 14.6 Å². The SMILES string of the molecule is CCC[B-]1(CCC)N(c2ccccc2)C(=S)Nc2cccc[n+]21. The maximum atomic E-state index is 5.78. The Labute approximate surface area is 144 Å². The van der Waals surface area contributed by atoms with Crippen molar-refractivity contribution in [3.8, 4) is 0 Å². The van der Waals surface area contributed by atoms with E-state index in [2.05, 4.69) is 83.2 Å². The molecule has 0 saturated heterocycles. The van der Waals surface area contributed by atoms with Gasteiger partial charge in [-0.2, -0.15) is 0 Å². The van der Waals surface area contributed by atoms with Crippen LogP contribution in [-0.2, 0) is 0 Å². The van der Waals surface area contributed by atoms with Crippen LogP contribution in [0.4, 0.5) is 11.5 Å². The monoisotopic (exact) mass is 325 g/mol. The Hall–Kier alpha value is -1.88. The first-order chi connectivity index (χ1) is 11.2. The van der Waals surface area contributed by atoms with E-state index in [1.165, 1.54) is 5.69 Å². The molecule has 2 aromatic rings. The Morgan fingerprint density at radius 1 is 1.00 bits per heavy atom. The minimum atomic E-state index is -0.978. The summed E-state index contributed by atoms with van der Waals surface area (Å²) in [6.07, 6.45) is 5.72. The number of para-hydroxylation sites is 1. The van der Waals surface area contributed by atoms with Gasteiger partial charge in [0.25, 0.3) is 6.42 Å². The molecule has 3 rings (SSSR count). The topological polar surface area (TPSA) is 19.1 Å². The fraction of sp³-hybridized carbons (Fsp3) is 0.333. The van der Waals surface area contributed by atoms with E-state index in [4.69, 9.17) is 12.2 Å². The molecule has 0 spiro atoms. The average Bonchev–Trinajstić information content (AvgIpc) is 2.56. The number of anilines is 2. The van der Waals surface area contributed by atoms with Gasteiger partial charge in [0.1, 0.15) is 0 Å².